The summed E-state index contributed by atoms with van der Waals surface area (Å²) in [6.07, 6.45) is 1.72. The number of fused-ring (bicyclic) bond motifs is 1. The van der Waals surface area contributed by atoms with Gasteiger partial charge in [-0.25, -0.2) is 0 Å². The number of aryl methyl sites for hydroxylation is 1. The number of carbonyl (C=O) groups is 1. The Hall–Kier alpha value is -1.44. The summed E-state index contributed by atoms with van der Waals surface area (Å²) >= 11 is 2.23. The smallest absolute Gasteiger partial charge is 0.255 e. The van der Waals surface area contributed by atoms with Gasteiger partial charge in [-0.1, -0.05) is 12.1 Å². The van der Waals surface area contributed by atoms with Gasteiger partial charge in [-0.15, -0.1) is 10.2 Å². The number of aromatic nitrogens is 3. The van der Waals surface area contributed by atoms with Gasteiger partial charge in [0.25, 0.3) is 5.91 Å². The van der Waals surface area contributed by atoms with Crippen molar-refractivity contribution in [3.8, 4) is 0 Å². The summed E-state index contributed by atoms with van der Waals surface area (Å²) in [4.78, 5) is 14.4. The lowest BCUT2D eigenvalue weighted by Crippen LogP contribution is -2.38. The molecule has 19 heavy (non-hydrogen) atoms. The van der Waals surface area contributed by atoms with E-state index in [1.54, 1.807) is 6.33 Å². The van der Waals surface area contributed by atoms with Crippen molar-refractivity contribution in [3.05, 3.63) is 45.0 Å². The Bertz CT molecular complexity index is 637. The first kappa shape index (κ1) is 12.6. The Kier molecular flexibility index (Phi) is 3.26. The molecule has 6 heteroatoms. The summed E-state index contributed by atoms with van der Waals surface area (Å²) in [6.45, 7) is 4.01. The monoisotopic (exact) mass is 368 g/mol. The van der Waals surface area contributed by atoms with Crippen molar-refractivity contribution >= 4 is 28.5 Å². The van der Waals surface area contributed by atoms with Crippen LogP contribution in [0.3, 0.4) is 0 Å². The van der Waals surface area contributed by atoms with E-state index >= 15 is 0 Å². The van der Waals surface area contributed by atoms with Crippen LogP contribution in [-0.2, 0) is 13.1 Å². The van der Waals surface area contributed by atoms with E-state index in [0.717, 1.165) is 27.1 Å². The minimum absolute atomic E-state index is 0.0716. The van der Waals surface area contributed by atoms with Gasteiger partial charge in [-0.3, -0.25) is 4.79 Å². The minimum atomic E-state index is 0.0716. The average molecular weight is 368 g/mol. The Labute approximate surface area is 124 Å². The number of amides is 1. The SMILES string of the molecule is Cc1cccc(C(=O)N2CCn3cnnc3C2)c1I. The standard InChI is InChI=1S/C13H13IN4O/c1-9-3-2-4-10(12(9)14)13(19)17-5-6-18-8-15-16-11(18)7-17/h2-4,8H,5-7H2,1H3. The normalized spacial score (nSPS) is 14.3. The van der Waals surface area contributed by atoms with E-state index in [1.165, 1.54) is 0 Å². The molecule has 0 atom stereocenters. The molecule has 1 aliphatic rings. The fraction of sp³-hybridized carbons (Fsp3) is 0.308. The molecule has 0 saturated carbocycles. The molecule has 0 unspecified atom stereocenters. The molecule has 1 aromatic carbocycles. The molecule has 0 fully saturated rings. The van der Waals surface area contributed by atoms with Crippen LogP contribution in [0.15, 0.2) is 24.5 Å². The van der Waals surface area contributed by atoms with Crippen molar-refractivity contribution in [1.29, 1.82) is 0 Å². The molecular weight excluding hydrogens is 355 g/mol. The minimum Gasteiger partial charge on any atom is -0.329 e. The summed E-state index contributed by atoms with van der Waals surface area (Å²) in [6, 6.07) is 5.83. The van der Waals surface area contributed by atoms with Crippen LogP contribution >= 0.6 is 22.6 Å². The fourth-order valence-corrected chi connectivity index (χ4v) is 2.81. The second-order valence-electron chi connectivity index (χ2n) is 4.60. The number of rotatable bonds is 1. The number of nitrogens with zero attached hydrogens (tertiary/aromatic N) is 4. The molecule has 2 heterocycles. The summed E-state index contributed by atoms with van der Waals surface area (Å²) in [5.74, 6) is 0.921. The van der Waals surface area contributed by atoms with Crippen molar-refractivity contribution in [2.75, 3.05) is 6.54 Å². The molecule has 0 spiro atoms. The van der Waals surface area contributed by atoms with E-state index in [4.69, 9.17) is 0 Å². The maximum absolute atomic E-state index is 12.6. The molecule has 1 amide bonds. The van der Waals surface area contributed by atoms with Crippen molar-refractivity contribution in [2.45, 2.75) is 20.0 Å². The van der Waals surface area contributed by atoms with Gasteiger partial charge in [0.05, 0.1) is 12.1 Å². The second-order valence-corrected chi connectivity index (χ2v) is 5.68. The molecule has 98 valence electrons. The highest BCUT2D eigenvalue weighted by molar-refractivity contribution is 14.1. The summed E-state index contributed by atoms with van der Waals surface area (Å²) in [5, 5.41) is 7.92. The lowest BCUT2D eigenvalue weighted by atomic mass is 10.1. The van der Waals surface area contributed by atoms with E-state index in [1.807, 2.05) is 34.6 Å². The van der Waals surface area contributed by atoms with E-state index in [2.05, 4.69) is 32.8 Å². The number of benzene rings is 1. The van der Waals surface area contributed by atoms with Crippen LogP contribution in [0.5, 0.6) is 0 Å². The van der Waals surface area contributed by atoms with Crippen molar-refractivity contribution in [3.63, 3.8) is 0 Å². The van der Waals surface area contributed by atoms with Gasteiger partial charge in [0, 0.05) is 16.7 Å². The van der Waals surface area contributed by atoms with Gasteiger partial charge in [-0.05, 0) is 41.1 Å². The zero-order valence-corrected chi connectivity index (χ0v) is 12.7. The van der Waals surface area contributed by atoms with Gasteiger partial charge >= 0.3 is 0 Å². The number of hydrogen-bond donors (Lipinski definition) is 0. The van der Waals surface area contributed by atoms with Crippen molar-refractivity contribution < 1.29 is 4.79 Å². The second kappa shape index (κ2) is 4.92. The van der Waals surface area contributed by atoms with Crippen LogP contribution in [0.1, 0.15) is 21.7 Å². The van der Waals surface area contributed by atoms with Gasteiger partial charge in [-0.2, -0.15) is 0 Å². The summed E-state index contributed by atoms with van der Waals surface area (Å²) in [5.41, 5.74) is 1.90. The van der Waals surface area contributed by atoms with Gasteiger partial charge in [0.1, 0.15) is 6.33 Å². The highest BCUT2D eigenvalue weighted by Crippen LogP contribution is 2.20. The van der Waals surface area contributed by atoms with Crippen molar-refractivity contribution in [2.24, 2.45) is 0 Å². The van der Waals surface area contributed by atoms with Crippen LogP contribution in [0.25, 0.3) is 0 Å². The van der Waals surface area contributed by atoms with Crippen LogP contribution in [0.2, 0.25) is 0 Å². The maximum Gasteiger partial charge on any atom is 0.255 e. The largest absolute Gasteiger partial charge is 0.329 e. The number of carbonyl (C=O) groups excluding carboxylic acids is 1. The number of hydrogen-bond acceptors (Lipinski definition) is 3. The zero-order valence-electron chi connectivity index (χ0n) is 10.5. The molecule has 3 rings (SSSR count). The van der Waals surface area contributed by atoms with Gasteiger partial charge in [0.15, 0.2) is 5.82 Å². The molecule has 0 saturated heterocycles. The quantitative estimate of drug-likeness (QED) is 0.722. The topological polar surface area (TPSA) is 51.0 Å². The van der Waals surface area contributed by atoms with Crippen molar-refractivity contribution in [1.82, 2.24) is 19.7 Å². The first-order chi connectivity index (χ1) is 9.16. The third-order valence-corrected chi connectivity index (χ3v) is 4.78. The fourth-order valence-electron chi connectivity index (χ4n) is 2.22. The van der Waals surface area contributed by atoms with E-state index in [0.29, 0.717) is 13.1 Å². The lowest BCUT2D eigenvalue weighted by molar-refractivity contribution is 0.0706. The Morgan fingerprint density at radius 1 is 1.37 bits per heavy atom. The average Bonchev–Trinajstić information content (AvgIpc) is 2.88. The highest BCUT2D eigenvalue weighted by Gasteiger charge is 2.24. The van der Waals surface area contributed by atoms with E-state index in [-0.39, 0.29) is 5.91 Å². The van der Waals surface area contributed by atoms with E-state index in [9.17, 15) is 4.79 Å². The predicted molar refractivity (Wildman–Crippen MR) is 78.7 cm³/mol. The van der Waals surface area contributed by atoms with E-state index < -0.39 is 0 Å². The van der Waals surface area contributed by atoms with Crippen LogP contribution in [0.4, 0.5) is 0 Å². The van der Waals surface area contributed by atoms with Crippen LogP contribution < -0.4 is 0 Å². The van der Waals surface area contributed by atoms with Gasteiger partial charge in [0.2, 0.25) is 0 Å². The molecule has 0 radical (unpaired) electrons. The molecule has 1 aliphatic heterocycles. The summed E-state index contributed by atoms with van der Waals surface area (Å²) < 4.78 is 3.02. The third kappa shape index (κ3) is 2.24. The first-order valence-corrected chi connectivity index (χ1v) is 7.16. The predicted octanol–water partition coefficient (Wildman–Crippen LogP) is 1.85. The van der Waals surface area contributed by atoms with Gasteiger partial charge < -0.3 is 9.47 Å². The van der Waals surface area contributed by atoms with Crippen LogP contribution in [0, 0.1) is 10.5 Å². The molecule has 0 N–H and O–H groups in total. The Morgan fingerprint density at radius 2 is 2.21 bits per heavy atom. The zero-order chi connectivity index (χ0) is 13.4. The Balaban J connectivity index is 1.88. The third-order valence-electron chi connectivity index (χ3n) is 3.35. The molecule has 2 aromatic rings. The summed E-state index contributed by atoms with van der Waals surface area (Å²) in [7, 11) is 0. The Morgan fingerprint density at radius 3 is 3.05 bits per heavy atom. The highest BCUT2D eigenvalue weighted by atomic mass is 127. The lowest BCUT2D eigenvalue weighted by Gasteiger charge is -2.27. The molecule has 5 nitrogen and oxygen atoms in total. The molecule has 0 bridgehead atoms. The maximum atomic E-state index is 12.6. The molecule has 1 aromatic heterocycles. The molecule has 0 aliphatic carbocycles. The number of halogens is 1. The first-order valence-electron chi connectivity index (χ1n) is 6.08. The van der Waals surface area contributed by atoms with Crippen LogP contribution in [-0.4, -0.2) is 32.1 Å². The molecular formula is C13H13IN4O.